The van der Waals surface area contributed by atoms with Crippen LogP contribution < -0.4 is 5.32 Å². The maximum atomic E-state index is 13.3. The first-order valence-corrected chi connectivity index (χ1v) is 10.2. The standard InChI is InChI=1S/C22H24N4O3/c1-14-17-8-4-5-9-19(17)29-20(14)22(28)25-12-16-10-11-23-26(16)18(13-25)21(27)24-15-6-2-3-7-15/h4-5,8-11,15,18H,2-3,6-7,12-13H2,1H3,(H,24,27). The largest absolute Gasteiger partial charge is 0.451 e. The number of carbonyl (C=O) groups is 2. The van der Waals surface area contributed by atoms with Gasteiger partial charge in [-0.3, -0.25) is 14.3 Å². The Bertz CT molecular complexity index is 1080. The second-order valence-corrected chi connectivity index (χ2v) is 8.01. The van der Waals surface area contributed by atoms with Crippen molar-refractivity contribution in [3.8, 4) is 0 Å². The van der Waals surface area contributed by atoms with Crippen molar-refractivity contribution in [1.82, 2.24) is 20.0 Å². The molecule has 1 fully saturated rings. The summed E-state index contributed by atoms with van der Waals surface area (Å²) in [5.41, 5.74) is 2.38. The summed E-state index contributed by atoms with van der Waals surface area (Å²) in [6.07, 6.45) is 6.03. The smallest absolute Gasteiger partial charge is 0.290 e. The Kier molecular flexibility index (Phi) is 4.38. The van der Waals surface area contributed by atoms with E-state index in [1.54, 1.807) is 15.8 Å². The zero-order valence-electron chi connectivity index (χ0n) is 16.4. The molecule has 0 saturated heterocycles. The number of aromatic nitrogens is 2. The van der Waals surface area contributed by atoms with Crippen molar-refractivity contribution in [3.63, 3.8) is 0 Å². The van der Waals surface area contributed by atoms with Crippen LogP contribution in [0.4, 0.5) is 0 Å². The van der Waals surface area contributed by atoms with E-state index >= 15 is 0 Å². The molecule has 1 aliphatic heterocycles. The Hall–Kier alpha value is -3.09. The third kappa shape index (κ3) is 3.10. The highest BCUT2D eigenvalue weighted by atomic mass is 16.3. The van der Waals surface area contributed by atoms with Gasteiger partial charge in [0.05, 0.1) is 18.8 Å². The van der Waals surface area contributed by atoms with Crippen LogP contribution in [0.15, 0.2) is 40.9 Å². The summed E-state index contributed by atoms with van der Waals surface area (Å²) in [7, 11) is 0. The molecular formula is C22H24N4O3. The number of aryl methyl sites for hydroxylation is 1. The van der Waals surface area contributed by atoms with Crippen molar-refractivity contribution in [2.75, 3.05) is 6.54 Å². The van der Waals surface area contributed by atoms with Crippen LogP contribution in [0.1, 0.15) is 53.5 Å². The second kappa shape index (κ2) is 7.06. The van der Waals surface area contributed by atoms with E-state index in [0.717, 1.165) is 42.3 Å². The van der Waals surface area contributed by atoms with E-state index in [-0.39, 0.29) is 24.4 Å². The number of fused-ring (bicyclic) bond motifs is 2. The van der Waals surface area contributed by atoms with Crippen molar-refractivity contribution >= 4 is 22.8 Å². The van der Waals surface area contributed by atoms with Crippen LogP contribution in [-0.2, 0) is 11.3 Å². The molecular weight excluding hydrogens is 368 g/mol. The molecule has 3 aromatic rings. The van der Waals surface area contributed by atoms with Crippen LogP contribution in [-0.4, -0.2) is 39.1 Å². The molecule has 7 nitrogen and oxygen atoms in total. The van der Waals surface area contributed by atoms with Crippen LogP contribution in [0.3, 0.4) is 0 Å². The molecule has 2 aliphatic rings. The lowest BCUT2D eigenvalue weighted by Gasteiger charge is -2.33. The first kappa shape index (κ1) is 18.0. The van der Waals surface area contributed by atoms with E-state index in [1.807, 2.05) is 37.3 Å². The Labute approximate surface area is 168 Å². The molecule has 2 aromatic heterocycles. The second-order valence-electron chi connectivity index (χ2n) is 8.01. The third-order valence-electron chi connectivity index (χ3n) is 6.12. The molecule has 1 aromatic carbocycles. The first-order chi connectivity index (χ1) is 14.1. The van der Waals surface area contributed by atoms with Gasteiger partial charge in [0.1, 0.15) is 11.6 Å². The molecule has 150 valence electrons. The van der Waals surface area contributed by atoms with Crippen LogP contribution in [0, 0.1) is 6.92 Å². The maximum Gasteiger partial charge on any atom is 0.290 e. The van der Waals surface area contributed by atoms with E-state index < -0.39 is 6.04 Å². The van der Waals surface area contributed by atoms with E-state index in [9.17, 15) is 9.59 Å². The minimum absolute atomic E-state index is 0.0688. The predicted molar refractivity (Wildman–Crippen MR) is 107 cm³/mol. The summed E-state index contributed by atoms with van der Waals surface area (Å²) >= 11 is 0. The van der Waals surface area contributed by atoms with Crippen molar-refractivity contribution in [2.24, 2.45) is 0 Å². The Balaban J connectivity index is 1.42. The number of furan rings is 1. The molecule has 0 radical (unpaired) electrons. The highest BCUT2D eigenvalue weighted by Crippen LogP contribution is 2.29. The summed E-state index contributed by atoms with van der Waals surface area (Å²) in [6, 6.07) is 9.20. The highest BCUT2D eigenvalue weighted by Gasteiger charge is 2.36. The summed E-state index contributed by atoms with van der Waals surface area (Å²) in [5.74, 6) is 0.0830. The zero-order chi connectivity index (χ0) is 20.0. The fourth-order valence-corrected chi connectivity index (χ4v) is 4.53. The number of amides is 2. The van der Waals surface area contributed by atoms with Gasteiger partial charge in [0.25, 0.3) is 5.91 Å². The molecule has 7 heteroatoms. The summed E-state index contributed by atoms with van der Waals surface area (Å²) in [5, 5.41) is 8.44. The van der Waals surface area contributed by atoms with Crippen molar-refractivity contribution in [2.45, 2.75) is 51.2 Å². The maximum absolute atomic E-state index is 13.3. The molecule has 1 N–H and O–H groups in total. The minimum Gasteiger partial charge on any atom is -0.451 e. The summed E-state index contributed by atoms with van der Waals surface area (Å²) in [4.78, 5) is 28.0. The normalized spacial score (nSPS) is 19.5. The number of hydrogen-bond acceptors (Lipinski definition) is 4. The lowest BCUT2D eigenvalue weighted by molar-refractivity contribution is -0.126. The fourth-order valence-electron chi connectivity index (χ4n) is 4.53. The fraction of sp³-hybridized carbons (Fsp3) is 0.409. The summed E-state index contributed by atoms with van der Waals surface area (Å²) < 4.78 is 7.62. The molecule has 0 bridgehead atoms. The number of para-hydroxylation sites is 1. The van der Waals surface area contributed by atoms with Gasteiger partial charge in [0, 0.05) is 23.2 Å². The van der Waals surface area contributed by atoms with Gasteiger partial charge in [0.2, 0.25) is 5.91 Å². The number of hydrogen-bond donors (Lipinski definition) is 1. The SMILES string of the molecule is Cc1c(C(=O)N2Cc3ccnn3C(C(=O)NC3CCCC3)C2)oc2ccccc12. The van der Waals surface area contributed by atoms with Gasteiger partial charge >= 0.3 is 0 Å². The van der Waals surface area contributed by atoms with E-state index in [0.29, 0.717) is 17.9 Å². The number of carbonyl (C=O) groups excluding carboxylic acids is 2. The molecule has 0 spiro atoms. The van der Waals surface area contributed by atoms with Gasteiger partial charge in [-0.25, -0.2) is 0 Å². The lowest BCUT2D eigenvalue weighted by atomic mass is 10.1. The average Bonchev–Trinajstić information content (AvgIpc) is 3.47. The molecule has 1 atom stereocenters. The number of benzene rings is 1. The molecule has 3 heterocycles. The molecule has 29 heavy (non-hydrogen) atoms. The minimum atomic E-state index is -0.525. The topological polar surface area (TPSA) is 80.4 Å². The van der Waals surface area contributed by atoms with Gasteiger partial charge in [0.15, 0.2) is 5.76 Å². The third-order valence-corrected chi connectivity index (χ3v) is 6.12. The zero-order valence-corrected chi connectivity index (χ0v) is 16.4. The molecule has 1 unspecified atom stereocenters. The van der Waals surface area contributed by atoms with Crippen LogP contribution in [0.2, 0.25) is 0 Å². The highest BCUT2D eigenvalue weighted by molar-refractivity contribution is 5.99. The van der Waals surface area contributed by atoms with Gasteiger partial charge in [-0.15, -0.1) is 0 Å². The summed E-state index contributed by atoms with van der Waals surface area (Å²) in [6.45, 7) is 2.59. The monoisotopic (exact) mass is 392 g/mol. The average molecular weight is 392 g/mol. The van der Waals surface area contributed by atoms with Crippen LogP contribution >= 0.6 is 0 Å². The van der Waals surface area contributed by atoms with E-state index in [2.05, 4.69) is 10.4 Å². The van der Waals surface area contributed by atoms with Gasteiger partial charge < -0.3 is 14.6 Å². The first-order valence-electron chi connectivity index (χ1n) is 10.2. The molecule has 1 saturated carbocycles. The predicted octanol–water partition coefficient (Wildman–Crippen LogP) is 3.19. The number of rotatable bonds is 3. The molecule has 2 amide bonds. The van der Waals surface area contributed by atoms with Gasteiger partial charge in [-0.2, -0.15) is 5.10 Å². The van der Waals surface area contributed by atoms with Crippen molar-refractivity contribution in [1.29, 1.82) is 0 Å². The lowest BCUT2D eigenvalue weighted by Crippen LogP contribution is -2.48. The van der Waals surface area contributed by atoms with Crippen molar-refractivity contribution in [3.05, 3.63) is 53.5 Å². The van der Waals surface area contributed by atoms with Gasteiger partial charge in [-0.05, 0) is 31.9 Å². The van der Waals surface area contributed by atoms with E-state index in [1.165, 1.54) is 0 Å². The van der Waals surface area contributed by atoms with Crippen LogP contribution in [0.5, 0.6) is 0 Å². The molecule has 5 rings (SSSR count). The molecule has 1 aliphatic carbocycles. The number of nitrogens with one attached hydrogen (secondary N) is 1. The van der Waals surface area contributed by atoms with Crippen molar-refractivity contribution < 1.29 is 14.0 Å². The number of nitrogens with zero attached hydrogens (tertiary/aromatic N) is 3. The Morgan fingerprint density at radius 2 is 1.97 bits per heavy atom. The van der Waals surface area contributed by atoms with Gasteiger partial charge in [-0.1, -0.05) is 31.0 Å². The quantitative estimate of drug-likeness (QED) is 0.742. The Morgan fingerprint density at radius 1 is 1.17 bits per heavy atom. The van der Waals surface area contributed by atoms with Crippen LogP contribution in [0.25, 0.3) is 11.0 Å². The van der Waals surface area contributed by atoms with E-state index in [4.69, 9.17) is 4.42 Å². The Morgan fingerprint density at radius 3 is 2.76 bits per heavy atom.